The fourth-order valence-corrected chi connectivity index (χ4v) is 3.12. The van der Waals surface area contributed by atoms with E-state index >= 15 is 0 Å². The predicted octanol–water partition coefficient (Wildman–Crippen LogP) is 2.11. The minimum atomic E-state index is 0.364. The van der Waals surface area contributed by atoms with Gasteiger partial charge in [-0.1, -0.05) is 13.8 Å². The van der Waals surface area contributed by atoms with Gasteiger partial charge in [0, 0.05) is 19.1 Å². The van der Waals surface area contributed by atoms with E-state index in [1.54, 1.807) is 0 Å². The lowest BCUT2D eigenvalue weighted by molar-refractivity contribution is 0.198. The van der Waals surface area contributed by atoms with Crippen molar-refractivity contribution in [2.75, 3.05) is 38.5 Å². The summed E-state index contributed by atoms with van der Waals surface area (Å²) in [5.41, 5.74) is 0.364. The van der Waals surface area contributed by atoms with Crippen LogP contribution >= 0.6 is 12.6 Å². The zero-order valence-electron chi connectivity index (χ0n) is 10.8. The van der Waals surface area contributed by atoms with Gasteiger partial charge < -0.3 is 4.90 Å². The van der Waals surface area contributed by atoms with E-state index < -0.39 is 0 Å². The van der Waals surface area contributed by atoms with Crippen molar-refractivity contribution in [2.45, 2.75) is 39.2 Å². The monoisotopic (exact) mass is 242 g/mol. The van der Waals surface area contributed by atoms with Crippen LogP contribution in [0.4, 0.5) is 0 Å². The minimum absolute atomic E-state index is 0.364. The Morgan fingerprint density at radius 3 is 2.50 bits per heavy atom. The van der Waals surface area contributed by atoms with Gasteiger partial charge in [-0.15, -0.1) is 0 Å². The molecule has 2 saturated heterocycles. The molecule has 1 unspecified atom stereocenters. The van der Waals surface area contributed by atoms with Crippen LogP contribution in [-0.4, -0.2) is 54.3 Å². The molecule has 3 heteroatoms. The lowest BCUT2D eigenvalue weighted by Crippen LogP contribution is -2.38. The van der Waals surface area contributed by atoms with Crippen LogP contribution in [0, 0.1) is 5.41 Å². The topological polar surface area (TPSA) is 6.48 Å². The molecule has 2 rings (SSSR count). The summed E-state index contributed by atoms with van der Waals surface area (Å²) in [5.74, 6) is 0.984. The van der Waals surface area contributed by atoms with Crippen LogP contribution in [-0.2, 0) is 0 Å². The van der Waals surface area contributed by atoms with Crippen LogP contribution in [0.25, 0.3) is 0 Å². The summed E-state index contributed by atoms with van der Waals surface area (Å²) in [6.45, 7) is 11.1. The van der Waals surface area contributed by atoms with Crippen molar-refractivity contribution in [2.24, 2.45) is 5.41 Å². The van der Waals surface area contributed by atoms with Gasteiger partial charge in [0.05, 0.1) is 0 Å². The lowest BCUT2D eigenvalue weighted by Gasteiger charge is -2.29. The molecule has 2 fully saturated rings. The van der Waals surface area contributed by atoms with Crippen LogP contribution in [0.5, 0.6) is 0 Å². The van der Waals surface area contributed by atoms with Crippen molar-refractivity contribution in [1.82, 2.24) is 9.80 Å². The van der Waals surface area contributed by atoms with Crippen molar-refractivity contribution in [3.8, 4) is 0 Å². The number of hydrogen-bond donors (Lipinski definition) is 1. The molecule has 0 N–H and O–H groups in total. The van der Waals surface area contributed by atoms with Crippen molar-refractivity contribution >= 4 is 12.6 Å². The summed E-state index contributed by atoms with van der Waals surface area (Å²) in [6.07, 6.45) is 4.21. The Labute approximate surface area is 106 Å². The molecule has 94 valence electrons. The number of likely N-dealkylation sites (tertiary alicyclic amines) is 2. The Balaban J connectivity index is 1.79. The molecule has 0 aromatic heterocycles. The molecule has 0 aromatic carbocycles. The van der Waals surface area contributed by atoms with Gasteiger partial charge in [-0.25, -0.2) is 0 Å². The molecule has 0 aromatic rings. The third-order valence-corrected chi connectivity index (χ3v) is 4.84. The Kier molecular flexibility index (Phi) is 4.20. The van der Waals surface area contributed by atoms with Gasteiger partial charge in [0.1, 0.15) is 0 Å². The van der Waals surface area contributed by atoms with Crippen LogP contribution < -0.4 is 0 Å². The minimum Gasteiger partial charge on any atom is -0.301 e. The summed E-state index contributed by atoms with van der Waals surface area (Å²) in [7, 11) is 0. The van der Waals surface area contributed by atoms with Crippen LogP contribution in [0.2, 0.25) is 0 Å². The second kappa shape index (κ2) is 5.28. The second-order valence-electron chi connectivity index (χ2n) is 6.24. The van der Waals surface area contributed by atoms with Crippen molar-refractivity contribution in [1.29, 1.82) is 0 Å². The van der Waals surface area contributed by atoms with E-state index in [0.717, 1.165) is 11.8 Å². The zero-order chi connectivity index (χ0) is 11.6. The second-order valence-corrected chi connectivity index (χ2v) is 6.56. The Hall–Kier alpha value is 0.270. The fourth-order valence-electron chi connectivity index (χ4n) is 3.02. The molecule has 2 aliphatic heterocycles. The molecule has 2 aliphatic rings. The maximum absolute atomic E-state index is 4.45. The third kappa shape index (κ3) is 3.14. The third-order valence-electron chi connectivity index (χ3n) is 3.98. The fraction of sp³-hybridized carbons (Fsp3) is 1.00. The van der Waals surface area contributed by atoms with E-state index in [1.807, 2.05) is 0 Å². The molecule has 0 spiro atoms. The van der Waals surface area contributed by atoms with Gasteiger partial charge in [0.15, 0.2) is 0 Å². The average molecular weight is 242 g/mol. The first-order valence-electron chi connectivity index (χ1n) is 6.68. The van der Waals surface area contributed by atoms with Gasteiger partial charge in [-0.3, -0.25) is 4.90 Å². The SMILES string of the molecule is CC(C)(CS)CN1CCC(N2CCCC2)C1. The maximum Gasteiger partial charge on any atom is 0.0235 e. The molecule has 0 saturated carbocycles. The smallest absolute Gasteiger partial charge is 0.0235 e. The Morgan fingerprint density at radius 1 is 1.19 bits per heavy atom. The van der Waals surface area contributed by atoms with Crippen molar-refractivity contribution in [3.05, 3.63) is 0 Å². The summed E-state index contributed by atoms with van der Waals surface area (Å²) >= 11 is 4.45. The van der Waals surface area contributed by atoms with Crippen LogP contribution in [0.15, 0.2) is 0 Å². The highest BCUT2D eigenvalue weighted by molar-refractivity contribution is 7.80. The molecule has 0 aliphatic carbocycles. The van der Waals surface area contributed by atoms with E-state index in [4.69, 9.17) is 0 Å². The van der Waals surface area contributed by atoms with E-state index in [0.29, 0.717) is 5.41 Å². The standard InChI is InChI=1S/C13H26N2S/c1-13(2,11-16)10-14-8-5-12(9-14)15-6-3-4-7-15/h12,16H,3-11H2,1-2H3. The largest absolute Gasteiger partial charge is 0.301 e. The van der Waals surface area contributed by atoms with Gasteiger partial charge in [0.25, 0.3) is 0 Å². The summed E-state index contributed by atoms with van der Waals surface area (Å²) in [5, 5.41) is 0. The normalized spacial score (nSPS) is 29.1. The van der Waals surface area contributed by atoms with Gasteiger partial charge >= 0.3 is 0 Å². The molecule has 1 atom stereocenters. The van der Waals surface area contributed by atoms with Crippen LogP contribution in [0.3, 0.4) is 0 Å². The van der Waals surface area contributed by atoms with Crippen molar-refractivity contribution in [3.63, 3.8) is 0 Å². The number of nitrogens with zero attached hydrogens (tertiary/aromatic N) is 2. The van der Waals surface area contributed by atoms with Crippen LogP contribution in [0.1, 0.15) is 33.1 Å². The molecular weight excluding hydrogens is 216 g/mol. The average Bonchev–Trinajstić information content (AvgIpc) is 2.86. The summed E-state index contributed by atoms with van der Waals surface area (Å²) in [6, 6.07) is 0.846. The molecule has 16 heavy (non-hydrogen) atoms. The maximum atomic E-state index is 4.45. The van der Waals surface area contributed by atoms with E-state index in [-0.39, 0.29) is 0 Å². The summed E-state index contributed by atoms with van der Waals surface area (Å²) < 4.78 is 0. The Morgan fingerprint density at radius 2 is 1.88 bits per heavy atom. The first-order valence-corrected chi connectivity index (χ1v) is 7.31. The first-order chi connectivity index (χ1) is 7.61. The zero-order valence-corrected chi connectivity index (χ0v) is 11.7. The van der Waals surface area contributed by atoms with Gasteiger partial charge in [-0.2, -0.15) is 12.6 Å². The highest BCUT2D eigenvalue weighted by atomic mass is 32.1. The number of hydrogen-bond acceptors (Lipinski definition) is 3. The first kappa shape index (κ1) is 12.7. The number of rotatable bonds is 4. The molecule has 0 bridgehead atoms. The van der Waals surface area contributed by atoms with Crippen molar-refractivity contribution < 1.29 is 0 Å². The molecule has 0 radical (unpaired) electrons. The molecule has 2 nitrogen and oxygen atoms in total. The quantitative estimate of drug-likeness (QED) is 0.754. The molecule has 2 heterocycles. The van der Waals surface area contributed by atoms with Gasteiger partial charge in [0.2, 0.25) is 0 Å². The number of thiol groups is 1. The highest BCUT2D eigenvalue weighted by Gasteiger charge is 2.31. The predicted molar refractivity (Wildman–Crippen MR) is 73.3 cm³/mol. The van der Waals surface area contributed by atoms with Gasteiger partial charge in [-0.05, 0) is 50.1 Å². The van der Waals surface area contributed by atoms with E-state index in [1.165, 1.54) is 52.0 Å². The van der Waals surface area contributed by atoms with E-state index in [2.05, 4.69) is 36.3 Å². The Bertz CT molecular complexity index is 224. The summed E-state index contributed by atoms with van der Waals surface area (Å²) in [4.78, 5) is 5.34. The highest BCUT2D eigenvalue weighted by Crippen LogP contribution is 2.25. The van der Waals surface area contributed by atoms with E-state index in [9.17, 15) is 0 Å². The lowest BCUT2D eigenvalue weighted by atomic mass is 9.96. The molecular formula is C13H26N2S. The molecule has 0 amide bonds.